The molecule has 2 aromatic rings. The van der Waals surface area contributed by atoms with Gasteiger partial charge in [0.2, 0.25) is 17.7 Å². The molecule has 0 radical (unpaired) electrons. The zero-order chi connectivity index (χ0) is 47.6. The number of aliphatic hydroxyl groups is 2. The molecule has 2 saturated heterocycles. The monoisotopic (exact) mass is 960 g/mol. The van der Waals surface area contributed by atoms with E-state index in [0.717, 1.165) is 48.0 Å². The fraction of sp³-hybridized carbons (Fsp3) is 0.596. The Morgan fingerprint density at radius 3 is 2.48 bits per heavy atom. The van der Waals surface area contributed by atoms with Crippen LogP contribution in [0.4, 0.5) is 14.5 Å². The maximum Gasteiger partial charge on any atom is 0.242 e. The van der Waals surface area contributed by atoms with Gasteiger partial charge < -0.3 is 25.0 Å². The number of aliphatic hydroxyl groups excluding tert-OH is 2. The highest BCUT2D eigenvalue weighted by Gasteiger charge is 2.80. The Balaban J connectivity index is 0.808. The van der Waals surface area contributed by atoms with Crippen molar-refractivity contribution in [2.75, 3.05) is 18.5 Å². The van der Waals surface area contributed by atoms with Crippen molar-refractivity contribution >= 4 is 58.5 Å². The number of Topliss-reactive ketones (excluding diaryl/α,β-unsaturated/α-hetero) is 1. The number of amides is 3. The summed E-state index contributed by atoms with van der Waals surface area (Å²) < 4.78 is 46.9. The smallest absolute Gasteiger partial charge is 0.242 e. The van der Waals surface area contributed by atoms with Crippen LogP contribution in [0.3, 0.4) is 0 Å². The molecule has 6 fully saturated rings. The third-order valence-electron chi connectivity index (χ3n) is 16.6. The molecule has 2 aromatic carbocycles. The van der Waals surface area contributed by atoms with Crippen molar-refractivity contribution in [2.24, 2.45) is 34.5 Å². The molecule has 0 aromatic heterocycles. The molecule has 7 aliphatic rings. The van der Waals surface area contributed by atoms with Gasteiger partial charge in [-0.3, -0.25) is 28.9 Å². The van der Waals surface area contributed by atoms with Gasteiger partial charge in [-0.2, -0.15) is 0 Å². The number of thioether (sulfide) groups is 1. The van der Waals surface area contributed by atoms with Gasteiger partial charge in [-0.15, -0.1) is 11.8 Å². The minimum atomic E-state index is -2.33. The lowest BCUT2D eigenvalue weighted by Gasteiger charge is -2.63. The number of hydrogen-bond donors (Lipinski definition) is 3. The Bertz CT molecular complexity index is 2360. The fourth-order valence-corrected chi connectivity index (χ4v) is 15.3. The minimum Gasteiger partial charge on any atom is -0.390 e. The number of ether oxygens (including phenoxy) is 2. The Morgan fingerprint density at radius 2 is 1.76 bits per heavy atom. The molecule has 2 unspecified atom stereocenters. The van der Waals surface area contributed by atoms with Crippen LogP contribution < -0.4 is 5.32 Å². The molecule has 2 heterocycles. The summed E-state index contributed by atoms with van der Waals surface area (Å²) in [6, 6.07) is 15.1. The highest BCUT2D eigenvalue weighted by atomic mass is 32.2. The number of alkyl halides is 2. The predicted octanol–water partition coefficient (Wildman–Crippen LogP) is 8.67. The first-order chi connectivity index (χ1) is 31.9. The molecule has 15 heteroatoms. The van der Waals surface area contributed by atoms with E-state index in [4.69, 9.17) is 9.47 Å². The Morgan fingerprint density at radius 1 is 1.01 bits per heavy atom. The van der Waals surface area contributed by atoms with Crippen molar-refractivity contribution in [3.63, 3.8) is 0 Å². The first-order valence-electron chi connectivity index (χ1n) is 24.1. The van der Waals surface area contributed by atoms with Gasteiger partial charge in [0.25, 0.3) is 0 Å². The lowest BCUT2D eigenvalue weighted by molar-refractivity contribution is -0.235. The number of nitrogens with zero attached hydrogens (tertiary/aromatic N) is 1. The van der Waals surface area contributed by atoms with Crippen LogP contribution in [-0.4, -0.2) is 97.7 Å². The van der Waals surface area contributed by atoms with Crippen LogP contribution in [0.25, 0.3) is 0 Å². The topological polar surface area (TPSA) is 160 Å². The van der Waals surface area contributed by atoms with Crippen molar-refractivity contribution < 1.29 is 52.4 Å². The van der Waals surface area contributed by atoms with Gasteiger partial charge in [-0.25, -0.2) is 8.78 Å². The molecule has 0 bridgehead atoms. The molecular formula is C52H62F2N2O9S2. The molecule has 3 N–H and O–H groups in total. The molecule has 9 rings (SSSR count). The average Bonchev–Trinajstić information content (AvgIpc) is 3.90. The third-order valence-corrected chi connectivity index (χ3v) is 19.0. The normalized spacial score (nSPS) is 38.2. The van der Waals surface area contributed by atoms with E-state index in [-0.39, 0.29) is 66.1 Å². The number of allylic oxidation sites excluding steroid dienone is 4. The maximum absolute atomic E-state index is 17.8. The van der Waals surface area contributed by atoms with Crippen molar-refractivity contribution in [2.45, 2.75) is 155 Å². The maximum atomic E-state index is 17.8. The second-order valence-corrected chi connectivity index (χ2v) is 23.3. The summed E-state index contributed by atoms with van der Waals surface area (Å²) in [7, 11) is 0. The van der Waals surface area contributed by atoms with Gasteiger partial charge in [-0.1, -0.05) is 69.6 Å². The first kappa shape index (κ1) is 48.3. The molecule has 67 heavy (non-hydrogen) atoms. The standard InChI is InChI=1S/C52H62F2N2O9S2/c1-5-6-8-29(2)66-41-25-45(61)56(47(41)63)27-30-11-13-31(14-12-30)46(62)55-33-9-7-10-36(21-33)67-35-17-15-32(16-18-35)48-64-44-24-37-38-23-40(53)39-22-34(58)19-20-49(39,3)51(38,54)42(59)26-50(37,4)52(44,65-48)43(60)28-57/h7,9-10,15-22,29-31,37-38,40-42,44,48,57,59H,5-6,8,11-14,23-28H2,1-4H3,(H,55,62)/t29?,30?,31?,37-,38-,40-,41?,42-,44+,48+,49-,50-,51-,52+/m0/s1. The average molecular weight is 961 g/mol. The van der Waals surface area contributed by atoms with Gasteiger partial charge in [0.1, 0.15) is 12.8 Å². The van der Waals surface area contributed by atoms with Crippen LogP contribution >= 0.6 is 23.5 Å². The van der Waals surface area contributed by atoms with Gasteiger partial charge in [0, 0.05) is 61.9 Å². The number of benzene rings is 2. The molecule has 0 spiro atoms. The number of carbonyl (C=O) groups is 5. The zero-order valence-electron chi connectivity index (χ0n) is 38.6. The third kappa shape index (κ3) is 8.18. The van der Waals surface area contributed by atoms with Gasteiger partial charge in [0.15, 0.2) is 29.1 Å². The van der Waals surface area contributed by atoms with Crippen LogP contribution in [0.15, 0.2) is 82.1 Å². The summed E-state index contributed by atoms with van der Waals surface area (Å²) in [5, 5.41) is 25.3. The van der Waals surface area contributed by atoms with E-state index in [1.165, 1.54) is 35.7 Å². The Hall–Kier alpha value is -3.73. The van der Waals surface area contributed by atoms with Crippen LogP contribution in [0, 0.1) is 34.5 Å². The van der Waals surface area contributed by atoms with Crippen molar-refractivity contribution in [3.8, 4) is 0 Å². The van der Waals surface area contributed by atoms with E-state index in [2.05, 4.69) is 19.2 Å². The number of carbonyl (C=O) groups excluding carboxylic acids is 5. The second-order valence-electron chi connectivity index (χ2n) is 20.5. The summed E-state index contributed by atoms with van der Waals surface area (Å²) in [5.74, 6) is -2.93. The summed E-state index contributed by atoms with van der Waals surface area (Å²) in [6.07, 6.45) is 4.67. The van der Waals surface area contributed by atoms with Crippen LogP contribution in [0.1, 0.15) is 110 Å². The number of unbranched alkanes of at least 4 members (excludes halogenated alkanes) is 1. The van der Waals surface area contributed by atoms with Crippen LogP contribution in [0.5, 0.6) is 0 Å². The fourth-order valence-electron chi connectivity index (χ4n) is 13.1. The molecule has 2 aliphatic heterocycles. The summed E-state index contributed by atoms with van der Waals surface area (Å²) in [6.45, 7) is 7.14. The second kappa shape index (κ2) is 18.5. The molecule has 3 amide bonds. The Labute approximate surface area is 399 Å². The molecule has 11 nitrogen and oxygen atoms in total. The van der Waals surface area contributed by atoms with E-state index >= 15 is 8.78 Å². The van der Waals surface area contributed by atoms with Gasteiger partial charge >= 0.3 is 0 Å². The number of nitrogens with one attached hydrogen (secondary N) is 1. The summed E-state index contributed by atoms with van der Waals surface area (Å²) >= 11 is 3.12. The number of imide groups is 1. The van der Waals surface area contributed by atoms with E-state index in [0.29, 0.717) is 35.9 Å². The number of ketones is 2. The largest absolute Gasteiger partial charge is 0.390 e. The molecule has 360 valence electrons. The zero-order valence-corrected chi connectivity index (χ0v) is 40.2. The van der Waals surface area contributed by atoms with E-state index in [1.54, 1.807) is 18.7 Å². The van der Waals surface area contributed by atoms with E-state index in [1.807, 2.05) is 48.5 Å². The SMILES string of the molecule is CCCCC(C)SC1CC(=O)N(CC2CCC(C(=O)Nc3cccc(Sc4ccc([C@@H]5O[C@@H]6C[C@H]7[C@@H]8C[C@H](F)C9=CC(=O)C=C[C@]9(C)[C@@]8(F)[C@@H](O)C[C@]7(C)[C@]6(C(=O)CO)O5)cc4)c3)CC2)C1=O. The highest BCUT2D eigenvalue weighted by Crippen LogP contribution is 2.72. The lowest BCUT2D eigenvalue weighted by Crippen LogP contribution is -2.70. The number of rotatable bonds is 14. The van der Waals surface area contributed by atoms with Crippen molar-refractivity contribution in [1.29, 1.82) is 0 Å². The molecule has 4 saturated carbocycles. The number of likely N-dealkylation sites (tertiary alicyclic amines) is 1. The quantitative estimate of drug-likeness (QED) is 0.156. The number of fused-ring (bicyclic) bond motifs is 7. The van der Waals surface area contributed by atoms with E-state index in [9.17, 15) is 34.2 Å². The summed E-state index contributed by atoms with van der Waals surface area (Å²) in [4.78, 5) is 68.9. The number of anilines is 1. The summed E-state index contributed by atoms with van der Waals surface area (Å²) in [5.41, 5.74) is -5.56. The predicted molar refractivity (Wildman–Crippen MR) is 250 cm³/mol. The molecule has 5 aliphatic carbocycles. The van der Waals surface area contributed by atoms with Gasteiger partial charge in [-0.05, 0) is 118 Å². The number of halogens is 2. The van der Waals surface area contributed by atoms with Crippen molar-refractivity contribution in [3.05, 3.63) is 77.9 Å². The molecular weight excluding hydrogens is 899 g/mol. The molecule has 12 atom stereocenters. The van der Waals surface area contributed by atoms with E-state index < -0.39 is 76.8 Å². The van der Waals surface area contributed by atoms with Crippen LogP contribution in [0.2, 0.25) is 0 Å². The number of hydrogen-bond acceptors (Lipinski definition) is 11. The van der Waals surface area contributed by atoms with Gasteiger partial charge in [0.05, 0.1) is 17.5 Å². The minimum absolute atomic E-state index is 0.0177. The Kier molecular flexibility index (Phi) is 13.4. The lowest BCUT2D eigenvalue weighted by atomic mass is 9.44. The highest BCUT2D eigenvalue weighted by molar-refractivity contribution is 8.01. The first-order valence-corrected chi connectivity index (χ1v) is 25.8. The van der Waals surface area contributed by atoms with Crippen LogP contribution in [-0.2, 0) is 33.4 Å². The van der Waals surface area contributed by atoms with Crippen molar-refractivity contribution in [1.82, 2.24) is 4.90 Å².